The van der Waals surface area contributed by atoms with Crippen molar-refractivity contribution >= 4 is 67.2 Å². The normalized spacial score (nSPS) is 16.8. The minimum Gasteiger partial charge on any atom is -0.494 e. The predicted octanol–water partition coefficient (Wildman–Crippen LogP) is 5.20. The molecule has 2 aromatic carbocycles. The van der Waals surface area contributed by atoms with Gasteiger partial charge >= 0.3 is 0 Å². The lowest BCUT2D eigenvalue weighted by Gasteiger charge is -2.26. The van der Waals surface area contributed by atoms with Crippen LogP contribution in [0.5, 0.6) is 5.75 Å². The molecule has 2 N–H and O–H groups in total. The third-order valence-electron chi connectivity index (χ3n) is 8.33. The van der Waals surface area contributed by atoms with Gasteiger partial charge in [-0.15, -0.1) is 0 Å². The number of methoxy groups -OCH3 is 1. The number of nitrogens with one attached hydrogen (secondary N) is 2. The fraction of sp³-hybridized carbons (Fsp3) is 0.419. The lowest BCUT2D eigenvalue weighted by atomic mass is 10.1. The number of sulfonamides is 1. The molecule has 1 aliphatic heterocycles. The summed E-state index contributed by atoms with van der Waals surface area (Å²) >= 11 is 6.59. The van der Waals surface area contributed by atoms with E-state index in [9.17, 15) is 8.42 Å². The number of fused-ring (bicyclic) bond motifs is 1. The van der Waals surface area contributed by atoms with Gasteiger partial charge in [0.1, 0.15) is 22.0 Å². The molecule has 4 aromatic rings. The second-order valence-corrected chi connectivity index (χ2v) is 14.0. The molecule has 14 heteroatoms. The number of anilines is 6. The van der Waals surface area contributed by atoms with Gasteiger partial charge in [-0.2, -0.15) is 4.98 Å². The van der Waals surface area contributed by atoms with E-state index in [0.29, 0.717) is 46.0 Å². The SMILES string of the molecule is CCc1cc(Nc2ncc(Cl)c(Nc3ccc4nccnc4c3N(C3CC3)S(C)(=O)=O)n2)c(OC)cc1N1CCC(N(C)C)C1. The van der Waals surface area contributed by atoms with E-state index in [4.69, 9.17) is 16.3 Å². The highest BCUT2D eigenvalue weighted by Gasteiger charge is 2.38. The van der Waals surface area contributed by atoms with Crippen LogP contribution in [-0.2, 0) is 16.4 Å². The molecule has 3 heterocycles. The summed E-state index contributed by atoms with van der Waals surface area (Å²) in [5.74, 6) is 1.28. The lowest BCUT2D eigenvalue weighted by Crippen LogP contribution is -2.33. The first-order chi connectivity index (χ1) is 21.6. The van der Waals surface area contributed by atoms with Crippen LogP contribution in [0.3, 0.4) is 0 Å². The number of hydrogen-bond donors (Lipinski definition) is 2. The van der Waals surface area contributed by atoms with Crippen LogP contribution >= 0.6 is 11.6 Å². The predicted molar refractivity (Wildman–Crippen MR) is 180 cm³/mol. The highest BCUT2D eigenvalue weighted by atomic mass is 35.5. The fourth-order valence-electron chi connectivity index (χ4n) is 5.88. The van der Waals surface area contributed by atoms with E-state index in [1.807, 2.05) is 0 Å². The number of halogens is 1. The van der Waals surface area contributed by atoms with Gasteiger partial charge in [0.15, 0.2) is 5.82 Å². The van der Waals surface area contributed by atoms with Crippen molar-refractivity contribution in [1.82, 2.24) is 24.8 Å². The Kier molecular flexibility index (Phi) is 8.59. The second kappa shape index (κ2) is 12.5. The van der Waals surface area contributed by atoms with Crippen LogP contribution < -0.4 is 24.6 Å². The van der Waals surface area contributed by atoms with Gasteiger partial charge in [0.25, 0.3) is 0 Å². The number of aryl methyl sites for hydroxylation is 1. The molecule has 12 nitrogen and oxygen atoms in total. The largest absolute Gasteiger partial charge is 0.494 e. The fourth-order valence-corrected chi connectivity index (χ4v) is 7.28. The smallest absolute Gasteiger partial charge is 0.232 e. The monoisotopic (exact) mass is 651 g/mol. The summed E-state index contributed by atoms with van der Waals surface area (Å²) in [7, 11) is 2.28. The Morgan fingerprint density at radius 1 is 1.04 bits per heavy atom. The van der Waals surface area contributed by atoms with E-state index in [1.54, 1.807) is 31.6 Å². The number of nitrogens with zero attached hydrogens (tertiary/aromatic N) is 7. The minimum absolute atomic E-state index is 0.149. The summed E-state index contributed by atoms with van der Waals surface area (Å²) in [5, 5.41) is 6.85. The third kappa shape index (κ3) is 6.42. The van der Waals surface area contributed by atoms with Gasteiger partial charge in [-0.25, -0.2) is 13.4 Å². The average molecular weight is 652 g/mol. The second-order valence-electron chi connectivity index (χ2n) is 11.7. The van der Waals surface area contributed by atoms with E-state index >= 15 is 0 Å². The summed E-state index contributed by atoms with van der Waals surface area (Å²) in [6.45, 7) is 4.09. The molecule has 238 valence electrons. The van der Waals surface area contributed by atoms with E-state index in [-0.39, 0.29) is 11.1 Å². The molecule has 6 rings (SSSR count). The van der Waals surface area contributed by atoms with Crippen LogP contribution in [-0.4, -0.2) is 85.9 Å². The molecule has 2 aliphatic rings. The van der Waals surface area contributed by atoms with Crippen LogP contribution in [0.25, 0.3) is 11.0 Å². The molecule has 0 spiro atoms. The van der Waals surface area contributed by atoms with Crippen molar-refractivity contribution < 1.29 is 13.2 Å². The summed E-state index contributed by atoms with van der Waals surface area (Å²) < 4.78 is 33.3. The van der Waals surface area contributed by atoms with Gasteiger partial charge in [-0.05, 0) is 63.5 Å². The van der Waals surface area contributed by atoms with Crippen molar-refractivity contribution in [2.24, 2.45) is 0 Å². The molecule has 0 radical (unpaired) electrons. The van der Waals surface area contributed by atoms with Gasteiger partial charge in [0, 0.05) is 49.3 Å². The van der Waals surface area contributed by atoms with Crippen LogP contribution in [0.1, 0.15) is 31.7 Å². The summed E-state index contributed by atoms with van der Waals surface area (Å²) in [4.78, 5) is 22.7. The van der Waals surface area contributed by atoms with E-state index in [0.717, 1.165) is 44.5 Å². The van der Waals surface area contributed by atoms with E-state index in [1.165, 1.54) is 28.0 Å². The van der Waals surface area contributed by atoms with Crippen molar-refractivity contribution in [3.05, 3.63) is 53.4 Å². The van der Waals surface area contributed by atoms with Crippen LogP contribution in [0.2, 0.25) is 5.02 Å². The molecule has 0 amide bonds. The number of aromatic nitrogens is 4. The number of ether oxygens (including phenoxy) is 1. The maximum Gasteiger partial charge on any atom is 0.232 e. The minimum atomic E-state index is -3.62. The molecule has 1 unspecified atom stereocenters. The van der Waals surface area contributed by atoms with Gasteiger partial charge in [-0.3, -0.25) is 14.3 Å². The van der Waals surface area contributed by atoms with Crippen LogP contribution in [0, 0.1) is 0 Å². The quantitative estimate of drug-likeness (QED) is 0.222. The standard InChI is InChI=1S/C31H38ClN9O3S/c1-6-19-15-25(27(44-4)16-26(19)40-14-11-21(18-40)39(2)3)37-31-35-17-22(32)30(38-31)36-24-10-9-23-28(34-13-12-33-23)29(24)41(20-7-8-20)45(5,42)43/h9-10,12-13,15-17,20-21H,6-8,11,14,18H2,1-5H3,(H2,35,36,37,38). The Hall–Kier alpha value is -3.94. The first-order valence-corrected chi connectivity index (χ1v) is 17.2. The maximum absolute atomic E-state index is 13.0. The Labute approximate surface area is 268 Å². The van der Waals surface area contributed by atoms with Gasteiger partial charge in [0.05, 0.1) is 36.5 Å². The molecular weight excluding hydrogens is 614 g/mol. The molecule has 1 aliphatic carbocycles. The third-order valence-corrected chi connectivity index (χ3v) is 9.80. The Balaban J connectivity index is 1.34. The van der Waals surface area contributed by atoms with Crippen molar-refractivity contribution in [2.45, 2.75) is 44.7 Å². The zero-order chi connectivity index (χ0) is 31.9. The van der Waals surface area contributed by atoms with E-state index in [2.05, 4.69) is 73.5 Å². The average Bonchev–Trinajstić information content (AvgIpc) is 3.71. The molecule has 0 bridgehead atoms. The highest BCUT2D eigenvalue weighted by Crippen LogP contribution is 2.43. The highest BCUT2D eigenvalue weighted by molar-refractivity contribution is 7.92. The molecular formula is C31H38ClN9O3S. The van der Waals surface area contributed by atoms with Crippen molar-refractivity contribution in [2.75, 3.05) is 60.4 Å². The summed E-state index contributed by atoms with van der Waals surface area (Å²) in [6.07, 6.45) is 9.32. The van der Waals surface area contributed by atoms with Crippen molar-refractivity contribution in [3.63, 3.8) is 0 Å². The van der Waals surface area contributed by atoms with Gasteiger partial charge < -0.3 is 25.2 Å². The Morgan fingerprint density at radius 3 is 2.49 bits per heavy atom. The zero-order valence-corrected chi connectivity index (χ0v) is 27.7. The number of benzene rings is 2. The number of hydrogen-bond acceptors (Lipinski definition) is 11. The topological polar surface area (TPSA) is 129 Å². The first kappa shape index (κ1) is 31.1. The number of likely N-dealkylation sites (N-methyl/N-ethyl adjacent to an activating group) is 1. The molecule has 1 saturated heterocycles. The lowest BCUT2D eigenvalue weighted by molar-refractivity contribution is 0.315. The maximum atomic E-state index is 13.0. The molecule has 2 aromatic heterocycles. The van der Waals surface area contributed by atoms with Crippen molar-refractivity contribution in [3.8, 4) is 5.75 Å². The van der Waals surface area contributed by atoms with Crippen LogP contribution in [0.15, 0.2) is 42.9 Å². The zero-order valence-electron chi connectivity index (χ0n) is 26.1. The molecule has 45 heavy (non-hydrogen) atoms. The Bertz CT molecular complexity index is 1840. The van der Waals surface area contributed by atoms with Crippen molar-refractivity contribution in [1.29, 1.82) is 0 Å². The number of rotatable bonds is 11. The molecule has 1 atom stereocenters. The Morgan fingerprint density at radius 2 is 1.82 bits per heavy atom. The summed E-state index contributed by atoms with van der Waals surface area (Å²) in [5.41, 5.74) is 5.04. The van der Waals surface area contributed by atoms with Gasteiger partial charge in [-0.1, -0.05) is 18.5 Å². The summed E-state index contributed by atoms with van der Waals surface area (Å²) in [6, 6.07) is 8.08. The van der Waals surface area contributed by atoms with Gasteiger partial charge in [0.2, 0.25) is 16.0 Å². The van der Waals surface area contributed by atoms with Crippen LogP contribution in [0.4, 0.5) is 34.5 Å². The molecule has 1 saturated carbocycles. The molecule has 2 fully saturated rings. The first-order valence-electron chi connectivity index (χ1n) is 15.0. The van der Waals surface area contributed by atoms with E-state index < -0.39 is 10.0 Å².